The first-order valence-electron chi connectivity index (χ1n) is 6.19. The van der Waals surface area contributed by atoms with Crippen LogP contribution in [-0.2, 0) is 14.3 Å². The standard InChI is InChI=1S/C13H20O3/c1-3-5-6-7-9-11-10(8-4-2)12(14)16-13(11)15/h3-9H2,1-2H3. The van der Waals surface area contributed by atoms with Crippen molar-refractivity contribution in [1.82, 2.24) is 0 Å². The Bertz CT molecular complexity index is 302. The highest BCUT2D eigenvalue weighted by Crippen LogP contribution is 2.26. The lowest BCUT2D eigenvalue weighted by Gasteiger charge is -2.01. The number of hydrogen-bond donors (Lipinski definition) is 0. The fraction of sp³-hybridized carbons (Fsp3) is 0.692. The van der Waals surface area contributed by atoms with Crippen LogP contribution in [0.15, 0.2) is 11.1 Å². The Kier molecular flexibility index (Phi) is 5.23. The molecule has 0 N–H and O–H groups in total. The predicted molar refractivity (Wildman–Crippen MR) is 61.8 cm³/mol. The first-order valence-corrected chi connectivity index (χ1v) is 6.19. The van der Waals surface area contributed by atoms with E-state index in [-0.39, 0.29) is 0 Å². The highest BCUT2D eigenvalue weighted by Gasteiger charge is 2.31. The summed E-state index contributed by atoms with van der Waals surface area (Å²) in [6.07, 6.45) is 6.66. The van der Waals surface area contributed by atoms with E-state index in [1.165, 1.54) is 12.8 Å². The van der Waals surface area contributed by atoms with E-state index in [0.717, 1.165) is 19.3 Å². The lowest BCUT2D eigenvalue weighted by Crippen LogP contribution is -2.02. The molecule has 0 radical (unpaired) electrons. The van der Waals surface area contributed by atoms with E-state index < -0.39 is 11.9 Å². The lowest BCUT2D eigenvalue weighted by molar-refractivity contribution is -0.151. The summed E-state index contributed by atoms with van der Waals surface area (Å²) in [5.41, 5.74) is 1.24. The Hall–Kier alpha value is -1.12. The van der Waals surface area contributed by atoms with Gasteiger partial charge in [0.1, 0.15) is 0 Å². The normalized spacial score (nSPS) is 15.9. The van der Waals surface area contributed by atoms with Gasteiger partial charge in [0.2, 0.25) is 0 Å². The highest BCUT2D eigenvalue weighted by atomic mass is 16.6. The molecule has 90 valence electrons. The molecule has 0 bridgehead atoms. The van der Waals surface area contributed by atoms with Crippen LogP contribution in [0.25, 0.3) is 0 Å². The smallest absolute Gasteiger partial charge is 0.342 e. The largest absolute Gasteiger partial charge is 0.386 e. The van der Waals surface area contributed by atoms with Crippen molar-refractivity contribution in [3.05, 3.63) is 11.1 Å². The van der Waals surface area contributed by atoms with Gasteiger partial charge in [-0.1, -0.05) is 39.5 Å². The van der Waals surface area contributed by atoms with Crippen LogP contribution < -0.4 is 0 Å². The van der Waals surface area contributed by atoms with Gasteiger partial charge in [0, 0.05) is 11.1 Å². The topological polar surface area (TPSA) is 43.4 Å². The molecule has 0 aromatic rings. The minimum Gasteiger partial charge on any atom is -0.386 e. The molecule has 1 aliphatic heterocycles. The molecular formula is C13H20O3. The lowest BCUT2D eigenvalue weighted by atomic mass is 10.00. The minimum absolute atomic E-state index is 0.412. The van der Waals surface area contributed by atoms with Crippen LogP contribution in [-0.4, -0.2) is 11.9 Å². The van der Waals surface area contributed by atoms with Crippen molar-refractivity contribution in [3.8, 4) is 0 Å². The monoisotopic (exact) mass is 224 g/mol. The summed E-state index contributed by atoms with van der Waals surface area (Å²) in [5, 5.41) is 0. The van der Waals surface area contributed by atoms with Crippen molar-refractivity contribution in [3.63, 3.8) is 0 Å². The van der Waals surface area contributed by atoms with Crippen LogP contribution in [0.5, 0.6) is 0 Å². The molecule has 0 saturated carbocycles. The van der Waals surface area contributed by atoms with Gasteiger partial charge in [-0.3, -0.25) is 0 Å². The van der Waals surface area contributed by atoms with Gasteiger partial charge in [0.25, 0.3) is 0 Å². The summed E-state index contributed by atoms with van der Waals surface area (Å²) in [6.45, 7) is 4.15. The van der Waals surface area contributed by atoms with E-state index in [1.807, 2.05) is 6.92 Å². The first-order chi connectivity index (χ1) is 7.70. The molecule has 1 rings (SSSR count). The molecule has 0 atom stereocenters. The van der Waals surface area contributed by atoms with Crippen molar-refractivity contribution in [2.75, 3.05) is 0 Å². The zero-order valence-corrected chi connectivity index (χ0v) is 10.2. The molecule has 0 unspecified atom stereocenters. The van der Waals surface area contributed by atoms with Crippen LogP contribution in [0.1, 0.15) is 58.8 Å². The number of carbonyl (C=O) groups is 2. The van der Waals surface area contributed by atoms with E-state index >= 15 is 0 Å². The molecule has 16 heavy (non-hydrogen) atoms. The first kappa shape index (κ1) is 12.9. The zero-order chi connectivity index (χ0) is 12.0. The third-order valence-corrected chi connectivity index (χ3v) is 2.82. The van der Waals surface area contributed by atoms with Crippen LogP contribution >= 0.6 is 0 Å². The van der Waals surface area contributed by atoms with Crippen LogP contribution in [0, 0.1) is 0 Å². The number of esters is 2. The van der Waals surface area contributed by atoms with E-state index in [0.29, 0.717) is 24.0 Å². The molecular weight excluding hydrogens is 204 g/mol. The van der Waals surface area contributed by atoms with Gasteiger partial charge in [-0.15, -0.1) is 0 Å². The Labute approximate surface area is 96.9 Å². The van der Waals surface area contributed by atoms with Crippen LogP contribution in [0.3, 0.4) is 0 Å². The number of carbonyl (C=O) groups excluding carboxylic acids is 2. The van der Waals surface area contributed by atoms with Crippen molar-refractivity contribution >= 4 is 11.9 Å². The molecule has 1 heterocycles. The SMILES string of the molecule is CCCCCCC1=C(CCC)C(=O)OC1=O. The zero-order valence-electron chi connectivity index (χ0n) is 10.2. The highest BCUT2D eigenvalue weighted by molar-refractivity contribution is 6.12. The summed E-state index contributed by atoms with van der Waals surface area (Å²) in [5.74, 6) is -0.831. The number of cyclic esters (lactones) is 2. The van der Waals surface area contributed by atoms with Crippen molar-refractivity contribution in [2.24, 2.45) is 0 Å². The molecule has 1 aliphatic rings. The van der Waals surface area contributed by atoms with E-state index in [4.69, 9.17) is 0 Å². The summed E-state index contributed by atoms with van der Waals surface area (Å²) in [4.78, 5) is 22.8. The minimum atomic E-state index is -0.419. The summed E-state index contributed by atoms with van der Waals surface area (Å²) in [6, 6.07) is 0. The van der Waals surface area contributed by atoms with Crippen LogP contribution in [0.4, 0.5) is 0 Å². The Morgan fingerprint density at radius 1 is 0.812 bits per heavy atom. The molecule has 3 heteroatoms. The average molecular weight is 224 g/mol. The van der Waals surface area contributed by atoms with Gasteiger partial charge in [-0.2, -0.15) is 0 Å². The van der Waals surface area contributed by atoms with Gasteiger partial charge in [0.05, 0.1) is 0 Å². The number of rotatable bonds is 7. The molecule has 0 amide bonds. The molecule has 0 aromatic heterocycles. The predicted octanol–water partition coefficient (Wildman–Crippen LogP) is 3.14. The third kappa shape index (κ3) is 3.19. The number of ether oxygens (including phenoxy) is 1. The maximum atomic E-state index is 11.4. The third-order valence-electron chi connectivity index (χ3n) is 2.82. The summed E-state index contributed by atoms with van der Waals surface area (Å²) >= 11 is 0. The number of hydrogen-bond acceptors (Lipinski definition) is 3. The second-order valence-corrected chi connectivity index (χ2v) is 4.19. The maximum absolute atomic E-state index is 11.4. The van der Waals surface area contributed by atoms with Gasteiger partial charge in [-0.25, -0.2) is 9.59 Å². The average Bonchev–Trinajstić information content (AvgIpc) is 2.51. The van der Waals surface area contributed by atoms with Gasteiger partial charge in [-0.05, 0) is 19.3 Å². The molecule has 0 fully saturated rings. The summed E-state index contributed by atoms with van der Waals surface area (Å²) < 4.78 is 4.64. The van der Waals surface area contributed by atoms with Gasteiger partial charge < -0.3 is 4.74 Å². The van der Waals surface area contributed by atoms with E-state index in [1.54, 1.807) is 0 Å². The van der Waals surface area contributed by atoms with Crippen molar-refractivity contribution < 1.29 is 14.3 Å². The fourth-order valence-electron chi connectivity index (χ4n) is 1.94. The quantitative estimate of drug-likeness (QED) is 0.379. The second-order valence-electron chi connectivity index (χ2n) is 4.19. The van der Waals surface area contributed by atoms with E-state index in [9.17, 15) is 9.59 Å². The molecule has 3 nitrogen and oxygen atoms in total. The molecule has 0 aromatic carbocycles. The number of unbranched alkanes of at least 4 members (excludes halogenated alkanes) is 3. The van der Waals surface area contributed by atoms with Gasteiger partial charge in [0.15, 0.2) is 0 Å². The Morgan fingerprint density at radius 3 is 2.00 bits per heavy atom. The Balaban J connectivity index is 2.57. The molecule has 0 spiro atoms. The fourth-order valence-corrected chi connectivity index (χ4v) is 1.94. The maximum Gasteiger partial charge on any atom is 0.342 e. The van der Waals surface area contributed by atoms with Crippen molar-refractivity contribution in [2.45, 2.75) is 58.8 Å². The summed E-state index contributed by atoms with van der Waals surface area (Å²) in [7, 11) is 0. The van der Waals surface area contributed by atoms with Crippen molar-refractivity contribution in [1.29, 1.82) is 0 Å². The van der Waals surface area contributed by atoms with Crippen LogP contribution in [0.2, 0.25) is 0 Å². The Morgan fingerprint density at radius 2 is 1.44 bits per heavy atom. The molecule has 0 saturated heterocycles. The second kappa shape index (κ2) is 6.46. The van der Waals surface area contributed by atoms with E-state index in [2.05, 4.69) is 11.7 Å². The molecule has 0 aliphatic carbocycles. The van der Waals surface area contributed by atoms with Gasteiger partial charge >= 0.3 is 11.9 Å².